The minimum absolute atomic E-state index is 0.327. The van der Waals surface area contributed by atoms with Gasteiger partial charge in [-0.15, -0.1) is 0 Å². The molecule has 1 N–H and O–H groups in total. The average Bonchev–Trinajstić information content (AvgIpc) is 1.51. The van der Waals surface area contributed by atoms with Crippen molar-refractivity contribution in [3.05, 3.63) is 450 Å². The van der Waals surface area contributed by atoms with Crippen molar-refractivity contribution in [3.8, 4) is 66.8 Å². The van der Waals surface area contributed by atoms with Gasteiger partial charge < -0.3 is 19.1 Å². The van der Waals surface area contributed by atoms with Crippen LogP contribution in [0.1, 0.15) is 44.5 Å². The zero-order chi connectivity index (χ0) is 73.3. The number of hydrogen-bond acceptors (Lipinski definition) is 4. The fourth-order valence-corrected chi connectivity index (χ4v) is 19.2. The lowest BCUT2D eigenvalue weighted by Crippen LogP contribution is -2.26. The number of anilines is 5. The van der Waals surface area contributed by atoms with E-state index in [0.29, 0.717) is 0 Å². The molecule has 0 saturated heterocycles. The van der Waals surface area contributed by atoms with E-state index in [4.69, 9.17) is 20.4 Å². The van der Waals surface area contributed by atoms with Gasteiger partial charge in [-0.25, -0.2) is 0 Å². The van der Waals surface area contributed by atoms with Gasteiger partial charge in [-0.05, 0) is 242 Å². The van der Waals surface area contributed by atoms with Gasteiger partial charge in [0.05, 0.1) is 10.8 Å². The Morgan fingerprint density at radius 3 is 1.10 bits per heavy atom. The molecule has 0 amide bonds. The van der Waals surface area contributed by atoms with Gasteiger partial charge in [0.1, 0.15) is 22.3 Å². The molecule has 4 aliphatic carbocycles. The van der Waals surface area contributed by atoms with Gasteiger partial charge in [0.15, 0.2) is 0 Å². The number of nitrogens with one attached hydrogen (secondary N) is 1. The van der Waals surface area contributed by atoms with Crippen LogP contribution in [-0.2, 0) is 10.8 Å². The lowest BCUT2D eigenvalue weighted by atomic mass is 9.70. The van der Waals surface area contributed by atoms with E-state index in [1.807, 2.05) is 54.6 Å². The normalized spacial score (nSPS) is 13.1. The largest absolute Gasteiger partial charge is 0.456 e. The molecule has 2 heterocycles. The van der Waals surface area contributed by atoms with Crippen molar-refractivity contribution in [3.63, 3.8) is 0 Å². The second-order valence-corrected chi connectivity index (χ2v) is 29.9. The molecule has 0 bridgehead atoms. The highest BCUT2D eigenvalue weighted by atomic mass is 35.5. The topological polar surface area (TPSA) is 41.6 Å². The number of para-hydroxylation sites is 4. The van der Waals surface area contributed by atoms with Crippen LogP contribution in [0.15, 0.2) is 409 Å². The van der Waals surface area contributed by atoms with Crippen LogP contribution in [0.3, 0.4) is 0 Å². The van der Waals surface area contributed by atoms with Gasteiger partial charge in [0.2, 0.25) is 0 Å². The van der Waals surface area contributed by atoms with Gasteiger partial charge in [0, 0.05) is 55.0 Å². The highest BCUT2D eigenvalue weighted by molar-refractivity contribution is 6.31. The first-order valence-electron chi connectivity index (χ1n) is 38.0. The zero-order valence-electron chi connectivity index (χ0n) is 60.2. The van der Waals surface area contributed by atoms with Crippen LogP contribution in [0.25, 0.3) is 132 Å². The lowest BCUT2D eigenvalue weighted by Gasteiger charge is -2.32. The molecule has 20 aromatic rings. The van der Waals surface area contributed by atoms with Crippen molar-refractivity contribution in [2.24, 2.45) is 0 Å². The molecule has 5 heteroatoms. The summed E-state index contributed by atoms with van der Waals surface area (Å²) in [5, 5.41) is 13.9. The number of nitrogens with zero attached hydrogens (tertiary/aromatic N) is 1. The standard InChI is InChI=1S/C53H33NO.C29H17Cl.C24H17NO/c1-2-13-37(14-3-1)54(38-26-22-34(23-27-38)36-25-31-51-45(32-36)43-18-8-11-21-50(43)55-51)39-28-29-44-49(33-39)53(48-30-24-35-12-4-5-15-40(35)52(44)48)46-19-9-6-16-41(46)42-17-7-10-20-47(42)53;30-19-14-15-23-27(17-19)29(26-16-13-18-7-1-2-8-20(18)28(23)26)24-11-5-3-9-21(24)22-10-4-6-12-25(22)29;1-2-6-19(7-3-1)25-20-13-10-17(11-14-20)18-12-15-24-22(16-18)21-8-4-5-9-23(21)26-24/h1-33H;1-17H;1-16,25H. The summed E-state index contributed by atoms with van der Waals surface area (Å²) in [5.74, 6) is 0. The van der Waals surface area contributed by atoms with Crippen LogP contribution in [0.2, 0.25) is 5.02 Å². The Kier molecular flexibility index (Phi) is 14.8. The molecule has 0 atom stereocenters. The van der Waals surface area contributed by atoms with Gasteiger partial charge >= 0.3 is 0 Å². The van der Waals surface area contributed by atoms with E-state index in [-0.39, 0.29) is 5.41 Å². The van der Waals surface area contributed by atoms with E-state index in [9.17, 15) is 0 Å². The average molecular weight is 1440 g/mol. The Morgan fingerprint density at radius 1 is 0.225 bits per heavy atom. The highest BCUT2D eigenvalue weighted by Crippen LogP contribution is 2.66. The molecule has 0 fully saturated rings. The van der Waals surface area contributed by atoms with E-state index in [1.165, 1.54) is 133 Å². The second-order valence-electron chi connectivity index (χ2n) is 29.4. The van der Waals surface area contributed by atoms with Crippen LogP contribution in [0.5, 0.6) is 0 Å². The zero-order valence-corrected chi connectivity index (χ0v) is 61.0. The number of hydrogen-bond donors (Lipinski definition) is 1. The molecule has 111 heavy (non-hydrogen) atoms. The summed E-state index contributed by atoms with van der Waals surface area (Å²) in [4.78, 5) is 2.40. The molecule has 0 radical (unpaired) electrons. The predicted octanol–water partition coefficient (Wildman–Crippen LogP) is 29.1. The maximum atomic E-state index is 6.60. The van der Waals surface area contributed by atoms with Crippen molar-refractivity contribution in [1.29, 1.82) is 0 Å². The molecule has 0 aliphatic heterocycles. The lowest BCUT2D eigenvalue weighted by molar-refractivity contribution is 0.668. The summed E-state index contributed by atoms with van der Waals surface area (Å²) in [6.07, 6.45) is 0. The third-order valence-electron chi connectivity index (χ3n) is 23.7. The van der Waals surface area contributed by atoms with E-state index in [1.54, 1.807) is 0 Å². The van der Waals surface area contributed by atoms with Crippen molar-refractivity contribution in [2.45, 2.75) is 10.8 Å². The maximum absolute atomic E-state index is 6.60. The molecular formula is C106H67ClN2O2. The van der Waals surface area contributed by atoms with Crippen molar-refractivity contribution in [2.75, 3.05) is 10.2 Å². The van der Waals surface area contributed by atoms with Crippen LogP contribution in [-0.4, -0.2) is 0 Å². The van der Waals surface area contributed by atoms with Crippen LogP contribution < -0.4 is 10.2 Å². The van der Waals surface area contributed by atoms with Crippen LogP contribution in [0.4, 0.5) is 28.4 Å². The monoisotopic (exact) mass is 1430 g/mol. The fraction of sp³-hybridized carbons (Fsp3) is 0.0189. The minimum Gasteiger partial charge on any atom is -0.456 e. The summed E-state index contributed by atoms with van der Waals surface area (Å²) in [6, 6.07) is 144. The van der Waals surface area contributed by atoms with Gasteiger partial charge in [-0.2, -0.15) is 0 Å². The van der Waals surface area contributed by atoms with E-state index < -0.39 is 5.41 Å². The summed E-state index contributed by atoms with van der Waals surface area (Å²) in [5.41, 5.74) is 34.4. The minimum atomic E-state index is -0.444. The number of benzene rings is 18. The molecular weight excluding hydrogens is 1370 g/mol. The maximum Gasteiger partial charge on any atom is 0.135 e. The Bertz CT molecular complexity index is 7040. The Labute approximate surface area is 647 Å². The molecule has 520 valence electrons. The quantitative estimate of drug-likeness (QED) is 0.173. The summed E-state index contributed by atoms with van der Waals surface area (Å²) in [6.45, 7) is 0. The van der Waals surface area contributed by atoms with Gasteiger partial charge in [-0.3, -0.25) is 0 Å². The first-order chi connectivity index (χ1) is 54.9. The highest BCUT2D eigenvalue weighted by Gasteiger charge is 2.54. The third kappa shape index (κ3) is 9.94. The number of furan rings is 2. The number of halogens is 1. The Morgan fingerprint density at radius 2 is 0.595 bits per heavy atom. The van der Waals surface area contributed by atoms with E-state index >= 15 is 0 Å². The predicted molar refractivity (Wildman–Crippen MR) is 462 cm³/mol. The summed E-state index contributed by atoms with van der Waals surface area (Å²) >= 11 is 6.60. The Balaban J connectivity index is 0.000000113. The molecule has 4 nitrogen and oxygen atoms in total. The Hall–Kier alpha value is -14.0. The number of rotatable bonds is 7. The van der Waals surface area contributed by atoms with Crippen molar-refractivity contribution < 1.29 is 8.83 Å². The molecule has 0 unspecified atom stereocenters. The smallest absolute Gasteiger partial charge is 0.135 e. The SMILES string of the molecule is Clc1ccc2c(c1)C1(c3ccccc3-c3ccccc31)c1ccc3ccccc3c1-2.c1ccc(N(c2ccc(-c3ccc4oc5ccccc5c4c3)cc2)c2ccc3c(c2)C2(c4ccccc4-c4ccccc42)c2ccc4ccccc4c2-3)cc1.c1ccc(Nc2ccc(-c3ccc4oc5ccccc5c4c3)cc2)cc1. The summed E-state index contributed by atoms with van der Waals surface area (Å²) in [7, 11) is 0. The molecule has 0 saturated carbocycles. The summed E-state index contributed by atoms with van der Waals surface area (Å²) < 4.78 is 12.1. The van der Waals surface area contributed by atoms with Gasteiger partial charge in [-0.1, -0.05) is 303 Å². The van der Waals surface area contributed by atoms with E-state index in [0.717, 1.165) is 77.3 Å². The number of fused-ring (bicyclic) bond motifs is 30. The first-order valence-corrected chi connectivity index (χ1v) is 38.4. The fourth-order valence-electron chi connectivity index (χ4n) is 19.0. The molecule has 18 aromatic carbocycles. The van der Waals surface area contributed by atoms with Gasteiger partial charge in [0.25, 0.3) is 0 Å². The second kappa shape index (κ2) is 25.6. The molecule has 4 aliphatic rings. The van der Waals surface area contributed by atoms with Crippen molar-refractivity contribution >= 4 is 105 Å². The first kappa shape index (κ1) is 64.2. The van der Waals surface area contributed by atoms with Crippen LogP contribution in [0, 0.1) is 0 Å². The van der Waals surface area contributed by atoms with Crippen LogP contribution >= 0.6 is 11.6 Å². The molecule has 2 spiro atoms. The molecule has 2 aromatic heterocycles. The van der Waals surface area contributed by atoms with Crippen molar-refractivity contribution in [1.82, 2.24) is 0 Å². The molecule has 24 rings (SSSR count). The van der Waals surface area contributed by atoms with E-state index in [2.05, 4.69) is 356 Å². The third-order valence-corrected chi connectivity index (χ3v) is 23.9.